The molecular weight excluding hydrogens is 472 g/mol. The molecule has 0 unspecified atom stereocenters. The molecule has 0 radical (unpaired) electrons. The molecule has 1 aromatic carbocycles. The van der Waals surface area contributed by atoms with Gasteiger partial charge in [0, 0.05) is 18.0 Å². The topological polar surface area (TPSA) is 25.8 Å². The van der Waals surface area contributed by atoms with Crippen LogP contribution in [0.1, 0.15) is 159 Å². The van der Waals surface area contributed by atoms with Crippen LogP contribution in [0.25, 0.3) is 11.4 Å². The molecular formula is C37H60N2. The molecule has 1 saturated carbocycles. The van der Waals surface area contributed by atoms with Gasteiger partial charge in [-0.05, 0) is 61.1 Å². The Morgan fingerprint density at radius 3 is 1.72 bits per heavy atom. The highest BCUT2D eigenvalue weighted by Crippen LogP contribution is 2.34. The third kappa shape index (κ3) is 12.6. The molecule has 0 amide bonds. The Bertz CT molecular complexity index is 879. The third-order valence-electron chi connectivity index (χ3n) is 9.33. The number of nitrogens with zero attached hydrogens (tertiary/aromatic N) is 2. The number of aromatic nitrogens is 2. The van der Waals surface area contributed by atoms with E-state index in [1.165, 1.54) is 157 Å². The van der Waals surface area contributed by atoms with Crippen LogP contribution in [0.15, 0.2) is 30.6 Å². The van der Waals surface area contributed by atoms with Crippen LogP contribution in [0.4, 0.5) is 0 Å². The van der Waals surface area contributed by atoms with Gasteiger partial charge in [0.2, 0.25) is 0 Å². The SMILES string of the molecule is CCCCCCCCCc1cnc(-c2ccc(CC[C@H]3CC[C@H](CCCCCCCCC)CC3)cc2C)nc1. The van der Waals surface area contributed by atoms with Crippen molar-refractivity contribution in [2.75, 3.05) is 0 Å². The molecule has 2 heteroatoms. The second kappa shape index (κ2) is 19.4. The summed E-state index contributed by atoms with van der Waals surface area (Å²) in [6.07, 6.45) is 34.7. The van der Waals surface area contributed by atoms with Gasteiger partial charge in [-0.2, -0.15) is 0 Å². The Morgan fingerprint density at radius 2 is 1.13 bits per heavy atom. The first-order chi connectivity index (χ1) is 19.2. The van der Waals surface area contributed by atoms with Crippen LogP contribution >= 0.6 is 0 Å². The van der Waals surface area contributed by atoms with Crippen molar-refractivity contribution in [3.63, 3.8) is 0 Å². The lowest BCUT2D eigenvalue weighted by atomic mass is 9.77. The zero-order valence-electron chi connectivity index (χ0n) is 26.0. The van der Waals surface area contributed by atoms with E-state index in [1.807, 2.05) is 0 Å². The van der Waals surface area contributed by atoms with Crippen LogP contribution in [0.5, 0.6) is 0 Å². The van der Waals surface area contributed by atoms with Gasteiger partial charge in [0.15, 0.2) is 5.82 Å². The number of rotatable bonds is 20. The molecule has 1 aliphatic carbocycles. The number of hydrogen-bond acceptors (Lipinski definition) is 2. The number of benzene rings is 1. The fraction of sp³-hybridized carbons (Fsp3) is 0.730. The van der Waals surface area contributed by atoms with E-state index in [1.54, 1.807) is 0 Å². The monoisotopic (exact) mass is 532 g/mol. The maximum Gasteiger partial charge on any atom is 0.159 e. The van der Waals surface area contributed by atoms with Gasteiger partial charge in [-0.25, -0.2) is 9.97 Å². The Hall–Kier alpha value is -1.70. The highest BCUT2D eigenvalue weighted by Gasteiger charge is 2.20. The third-order valence-corrected chi connectivity index (χ3v) is 9.33. The molecule has 0 atom stereocenters. The second-order valence-electron chi connectivity index (χ2n) is 12.8. The van der Waals surface area contributed by atoms with E-state index in [0.29, 0.717) is 0 Å². The summed E-state index contributed by atoms with van der Waals surface area (Å²) in [5, 5.41) is 0. The van der Waals surface area contributed by atoms with Gasteiger partial charge in [0.1, 0.15) is 0 Å². The Morgan fingerprint density at radius 1 is 0.590 bits per heavy atom. The van der Waals surface area contributed by atoms with E-state index in [0.717, 1.165) is 24.1 Å². The van der Waals surface area contributed by atoms with Crippen molar-refractivity contribution in [3.8, 4) is 11.4 Å². The van der Waals surface area contributed by atoms with Crippen LogP contribution in [-0.4, -0.2) is 9.97 Å². The fourth-order valence-corrected chi connectivity index (χ4v) is 6.61. The lowest BCUT2D eigenvalue weighted by Gasteiger charge is -2.28. The maximum atomic E-state index is 4.74. The quantitative estimate of drug-likeness (QED) is 0.158. The summed E-state index contributed by atoms with van der Waals surface area (Å²) in [6, 6.07) is 6.97. The smallest absolute Gasteiger partial charge is 0.159 e. The van der Waals surface area contributed by atoms with Gasteiger partial charge in [-0.15, -0.1) is 0 Å². The van der Waals surface area contributed by atoms with Crippen molar-refractivity contribution in [1.29, 1.82) is 0 Å². The van der Waals surface area contributed by atoms with E-state index < -0.39 is 0 Å². The Balaban J connectivity index is 1.32. The zero-order valence-corrected chi connectivity index (χ0v) is 26.0. The molecule has 1 fully saturated rings. The van der Waals surface area contributed by atoms with Crippen molar-refractivity contribution in [2.45, 2.75) is 162 Å². The summed E-state index contributed by atoms with van der Waals surface area (Å²) in [5.41, 5.74) is 5.26. The Labute approximate surface area is 242 Å². The number of aryl methyl sites for hydroxylation is 3. The number of hydrogen-bond donors (Lipinski definition) is 0. The molecule has 0 saturated heterocycles. The first-order valence-electron chi connectivity index (χ1n) is 17.1. The fourth-order valence-electron chi connectivity index (χ4n) is 6.61. The first kappa shape index (κ1) is 31.8. The summed E-state index contributed by atoms with van der Waals surface area (Å²) in [6.45, 7) is 6.81. The maximum absolute atomic E-state index is 4.74. The van der Waals surface area contributed by atoms with E-state index in [4.69, 9.17) is 9.97 Å². The van der Waals surface area contributed by atoms with Crippen molar-refractivity contribution in [1.82, 2.24) is 9.97 Å². The molecule has 39 heavy (non-hydrogen) atoms. The second-order valence-corrected chi connectivity index (χ2v) is 12.8. The van der Waals surface area contributed by atoms with Gasteiger partial charge in [-0.3, -0.25) is 0 Å². The normalized spacial score (nSPS) is 17.5. The first-order valence-corrected chi connectivity index (χ1v) is 17.1. The highest BCUT2D eigenvalue weighted by atomic mass is 14.9. The van der Waals surface area contributed by atoms with E-state index >= 15 is 0 Å². The summed E-state index contributed by atoms with van der Waals surface area (Å²) >= 11 is 0. The van der Waals surface area contributed by atoms with Gasteiger partial charge in [0.05, 0.1) is 0 Å². The van der Waals surface area contributed by atoms with Gasteiger partial charge in [0.25, 0.3) is 0 Å². The lowest BCUT2D eigenvalue weighted by Crippen LogP contribution is -2.15. The lowest BCUT2D eigenvalue weighted by molar-refractivity contribution is 0.248. The van der Waals surface area contributed by atoms with Gasteiger partial charge < -0.3 is 0 Å². The van der Waals surface area contributed by atoms with Crippen molar-refractivity contribution in [2.24, 2.45) is 11.8 Å². The molecule has 0 bridgehead atoms. The van der Waals surface area contributed by atoms with Crippen molar-refractivity contribution in [3.05, 3.63) is 47.3 Å². The van der Waals surface area contributed by atoms with Crippen LogP contribution < -0.4 is 0 Å². The van der Waals surface area contributed by atoms with Crippen LogP contribution in [0, 0.1) is 18.8 Å². The molecule has 0 N–H and O–H groups in total. The van der Waals surface area contributed by atoms with E-state index in [-0.39, 0.29) is 0 Å². The minimum atomic E-state index is 0.877. The zero-order chi connectivity index (χ0) is 27.5. The molecule has 0 aliphatic heterocycles. The summed E-state index contributed by atoms with van der Waals surface area (Å²) < 4.78 is 0. The minimum Gasteiger partial charge on any atom is -0.236 e. The Kier molecular flexibility index (Phi) is 15.8. The largest absolute Gasteiger partial charge is 0.236 e. The van der Waals surface area contributed by atoms with Crippen molar-refractivity contribution >= 4 is 0 Å². The molecule has 3 rings (SSSR count). The molecule has 1 aliphatic rings. The van der Waals surface area contributed by atoms with Crippen LogP contribution in [-0.2, 0) is 12.8 Å². The molecule has 1 heterocycles. The average Bonchev–Trinajstić information content (AvgIpc) is 2.96. The summed E-state index contributed by atoms with van der Waals surface area (Å²) in [4.78, 5) is 9.47. The molecule has 2 aromatic rings. The predicted molar refractivity (Wildman–Crippen MR) is 170 cm³/mol. The molecule has 2 nitrogen and oxygen atoms in total. The average molecular weight is 533 g/mol. The molecule has 218 valence electrons. The predicted octanol–water partition coefficient (Wildman–Crippen LogP) is 11.6. The highest BCUT2D eigenvalue weighted by molar-refractivity contribution is 5.60. The van der Waals surface area contributed by atoms with Crippen LogP contribution in [0.2, 0.25) is 0 Å². The summed E-state index contributed by atoms with van der Waals surface area (Å²) in [5.74, 6) is 2.82. The van der Waals surface area contributed by atoms with E-state index in [2.05, 4.69) is 51.4 Å². The molecule has 1 aromatic heterocycles. The van der Waals surface area contributed by atoms with Crippen LogP contribution in [0.3, 0.4) is 0 Å². The summed E-state index contributed by atoms with van der Waals surface area (Å²) in [7, 11) is 0. The molecule has 0 spiro atoms. The number of unbranched alkanes of at least 4 members (excludes halogenated alkanes) is 12. The van der Waals surface area contributed by atoms with Gasteiger partial charge >= 0.3 is 0 Å². The van der Waals surface area contributed by atoms with E-state index in [9.17, 15) is 0 Å². The standard InChI is InChI=1S/C37H60N2/c1-4-6-8-10-12-14-16-18-32-20-22-33(23-21-32)24-25-34-26-27-36(31(3)28-34)37-38-29-35(30-39-37)19-17-15-13-11-9-7-5-2/h26-30,32-33H,4-25H2,1-3H3/t32-,33-. The van der Waals surface area contributed by atoms with Gasteiger partial charge in [-0.1, -0.05) is 148 Å². The van der Waals surface area contributed by atoms with Crippen molar-refractivity contribution < 1.29 is 0 Å². The minimum absolute atomic E-state index is 0.877.